The normalized spacial score (nSPS) is 11.8. The van der Waals surface area contributed by atoms with Crippen LogP contribution in [0.25, 0.3) is 10.6 Å². The maximum Gasteiger partial charge on any atom is 0.267 e. The summed E-state index contributed by atoms with van der Waals surface area (Å²) in [5.74, 6) is 0.445. The third-order valence-corrected chi connectivity index (χ3v) is 4.53. The number of aromatic nitrogens is 2. The first-order chi connectivity index (χ1) is 12.2. The van der Waals surface area contributed by atoms with E-state index in [1.165, 1.54) is 16.9 Å². The van der Waals surface area contributed by atoms with Crippen molar-refractivity contribution in [2.45, 2.75) is 26.4 Å². The number of carbonyl (C=O) groups excluding carboxylic acids is 1. The summed E-state index contributed by atoms with van der Waals surface area (Å²) in [7, 11) is 0. The fraction of sp³-hybridized carbons (Fsp3) is 0.211. The average molecular weight is 353 g/mol. The molecule has 2 aromatic carbocycles. The Bertz CT molecular complexity index is 831. The van der Waals surface area contributed by atoms with Gasteiger partial charge in [0.1, 0.15) is 10.8 Å². The molecule has 0 saturated carbocycles. The number of hydrogen-bond acceptors (Lipinski definition) is 5. The van der Waals surface area contributed by atoms with Crippen molar-refractivity contribution < 1.29 is 9.53 Å². The molecule has 3 aromatic rings. The van der Waals surface area contributed by atoms with Crippen molar-refractivity contribution in [1.29, 1.82) is 0 Å². The molecule has 0 saturated heterocycles. The van der Waals surface area contributed by atoms with Crippen LogP contribution in [-0.4, -0.2) is 22.2 Å². The number of anilines is 1. The van der Waals surface area contributed by atoms with Crippen molar-refractivity contribution in [1.82, 2.24) is 10.2 Å². The lowest BCUT2D eigenvalue weighted by Crippen LogP contribution is -2.32. The Labute approximate surface area is 150 Å². The van der Waals surface area contributed by atoms with Crippen molar-refractivity contribution in [3.8, 4) is 16.3 Å². The van der Waals surface area contributed by atoms with Gasteiger partial charge in [0.2, 0.25) is 5.13 Å². The van der Waals surface area contributed by atoms with Gasteiger partial charge in [0, 0.05) is 5.56 Å². The molecular formula is C19H19N3O2S. The molecule has 6 heteroatoms. The van der Waals surface area contributed by atoms with Gasteiger partial charge in [0.25, 0.3) is 5.91 Å². The highest BCUT2D eigenvalue weighted by atomic mass is 32.1. The van der Waals surface area contributed by atoms with E-state index in [0.29, 0.717) is 17.3 Å². The number of carbonyl (C=O) groups is 1. The molecule has 5 nitrogen and oxygen atoms in total. The standard InChI is InChI=1S/C19H19N3O2S/c1-3-16(24-15-7-5-4-6-8-15)17(23)20-19-22-21-18(25-19)14-11-9-13(2)10-12-14/h4-12,16H,3H2,1-2H3,(H,20,22,23). The molecule has 1 N–H and O–H groups in total. The van der Waals surface area contributed by atoms with E-state index in [9.17, 15) is 4.79 Å². The third kappa shape index (κ3) is 4.42. The SMILES string of the molecule is CCC(Oc1ccccc1)C(=O)Nc1nnc(-c2ccc(C)cc2)s1. The minimum Gasteiger partial charge on any atom is -0.481 e. The number of nitrogens with zero attached hydrogens (tertiary/aromatic N) is 2. The number of rotatable bonds is 6. The van der Waals surface area contributed by atoms with Gasteiger partial charge in [-0.3, -0.25) is 10.1 Å². The van der Waals surface area contributed by atoms with Crippen molar-refractivity contribution >= 4 is 22.4 Å². The van der Waals surface area contributed by atoms with E-state index in [1.54, 1.807) is 0 Å². The summed E-state index contributed by atoms with van der Waals surface area (Å²) in [4.78, 5) is 12.4. The molecule has 0 radical (unpaired) electrons. The zero-order valence-electron chi connectivity index (χ0n) is 14.1. The second kappa shape index (κ2) is 7.90. The Hall–Kier alpha value is -2.73. The van der Waals surface area contributed by atoms with Crippen LogP contribution in [0, 0.1) is 6.92 Å². The molecule has 1 amide bonds. The number of benzene rings is 2. The van der Waals surface area contributed by atoms with Crippen molar-refractivity contribution in [2.75, 3.05) is 5.32 Å². The summed E-state index contributed by atoms with van der Waals surface area (Å²) >= 11 is 1.34. The summed E-state index contributed by atoms with van der Waals surface area (Å²) in [6.07, 6.45) is -0.0150. The quantitative estimate of drug-likeness (QED) is 0.717. The molecule has 1 heterocycles. The van der Waals surface area contributed by atoms with E-state index < -0.39 is 6.10 Å². The van der Waals surface area contributed by atoms with Crippen LogP contribution < -0.4 is 10.1 Å². The van der Waals surface area contributed by atoms with Gasteiger partial charge in [-0.15, -0.1) is 10.2 Å². The van der Waals surface area contributed by atoms with Gasteiger partial charge in [-0.2, -0.15) is 0 Å². The van der Waals surface area contributed by atoms with Crippen LogP contribution in [0.2, 0.25) is 0 Å². The molecule has 25 heavy (non-hydrogen) atoms. The molecule has 3 rings (SSSR count). The molecule has 1 atom stereocenters. The van der Waals surface area contributed by atoms with E-state index in [4.69, 9.17) is 4.74 Å². The van der Waals surface area contributed by atoms with Crippen molar-refractivity contribution in [3.05, 3.63) is 60.2 Å². The topological polar surface area (TPSA) is 64.1 Å². The minimum atomic E-state index is -0.575. The van der Waals surface area contributed by atoms with Crippen LogP contribution >= 0.6 is 11.3 Å². The van der Waals surface area contributed by atoms with E-state index in [2.05, 4.69) is 15.5 Å². The van der Waals surface area contributed by atoms with Crippen molar-refractivity contribution in [3.63, 3.8) is 0 Å². The Morgan fingerprint density at radius 3 is 2.52 bits per heavy atom. The zero-order chi connectivity index (χ0) is 17.6. The lowest BCUT2D eigenvalue weighted by molar-refractivity contribution is -0.122. The second-order valence-corrected chi connectivity index (χ2v) is 6.57. The van der Waals surface area contributed by atoms with E-state index in [0.717, 1.165) is 10.6 Å². The first-order valence-corrected chi connectivity index (χ1v) is 8.90. The van der Waals surface area contributed by atoms with Crippen LogP contribution in [0.5, 0.6) is 5.75 Å². The van der Waals surface area contributed by atoms with E-state index >= 15 is 0 Å². The first kappa shape index (κ1) is 17.1. The minimum absolute atomic E-state index is 0.224. The Morgan fingerprint density at radius 2 is 1.84 bits per heavy atom. The highest BCUT2D eigenvalue weighted by Crippen LogP contribution is 2.26. The fourth-order valence-corrected chi connectivity index (χ4v) is 3.01. The number of hydrogen-bond donors (Lipinski definition) is 1. The maximum absolute atomic E-state index is 12.4. The van der Waals surface area contributed by atoms with Gasteiger partial charge >= 0.3 is 0 Å². The molecule has 0 aliphatic heterocycles. The van der Waals surface area contributed by atoms with Crippen LogP contribution in [0.4, 0.5) is 5.13 Å². The van der Waals surface area contributed by atoms with Crippen LogP contribution in [-0.2, 0) is 4.79 Å². The van der Waals surface area contributed by atoms with Gasteiger partial charge in [-0.25, -0.2) is 0 Å². The summed E-state index contributed by atoms with van der Waals surface area (Å²) in [6, 6.07) is 17.3. The van der Waals surface area contributed by atoms with E-state index in [1.807, 2.05) is 68.4 Å². The summed E-state index contributed by atoms with van der Waals surface area (Å²) in [5, 5.41) is 12.2. The molecular weight excluding hydrogens is 334 g/mol. The molecule has 0 bridgehead atoms. The van der Waals surface area contributed by atoms with Gasteiger partial charge in [-0.05, 0) is 25.5 Å². The highest BCUT2D eigenvalue weighted by Gasteiger charge is 2.20. The van der Waals surface area contributed by atoms with Crippen LogP contribution in [0.1, 0.15) is 18.9 Å². The second-order valence-electron chi connectivity index (χ2n) is 5.60. The summed E-state index contributed by atoms with van der Waals surface area (Å²) in [5.41, 5.74) is 2.17. The monoisotopic (exact) mass is 353 g/mol. The van der Waals surface area contributed by atoms with Crippen molar-refractivity contribution in [2.24, 2.45) is 0 Å². The lowest BCUT2D eigenvalue weighted by Gasteiger charge is -2.16. The zero-order valence-corrected chi connectivity index (χ0v) is 14.9. The smallest absolute Gasteiger partial charge is 0.267 e. The molecule has 0 fully saturated rings. The third-order valence-electron chi connectivity index (χ3n) is 3.64. The fourth-order valence-electron chi connectivity index (χ4n) is 2.26. The van der Waals surface area contributed by atoms with Gasteiger partial charge in [0.05, 0.1) is 0 Å². The molecule has 0 spiro atoms. The summed E-state index contributed by atoms with van der Waals surface area (Å²) < 4.78 is 5.75. The Kier molecular flexibility index (Phi) is 5.40. The van der Waals surface area contributed by atoms with Gasteiger partial charge in [0.15, 0.2) is 6.10 Å². The number of amides is 1. The number of nitrogens with one attached hydrogen (secondary N) is 1. The number of para-hydroxylation sites is 1. The van der Waals surface area contributed by atoms with E-state index in [-0.39, 0.29) is 5.91 Å². The molecule has 1 aromatic heterocycles. The Morgan fingerprint density at radius 1 is 1.12 bits per heavy atom. The van der Waals surface area contributed by atoms with Crippen LogP contribution in [0.3, 0.4) is 0 Å². The number of ether oxygens (including phenoxy) is 1. The number of aryl methyl sites for hydroxylation is 1. The first-order valence-electron chi connectivity index (χ1n) is 8.09. The maximum atomic E-state index is 12.4. The predicted octanol–water partition coefficient (Wildman–Crippen LogP) is 4.31. The molecule has 128 valence electrons. The predicted molar refractivity (Wildman–Crippen MR) is 99.9 cm³/mol. The lowest BCUT2D eigenvalue weighted by atomic mass is 10.2. The van der Waals surface area contributed by atoms with Gasteiger partial charge in [-0.1, -0.05) is 66.3 Å². The van der Waals surface area contributed by atoms with Crippen LogP contribution in [0.15, 0.2) is 54.6 Å². The van der Waals surface area contributed by atoms with Gasteiger partial charge < -0.3 is 4.74 Å². The molecule has 0 aliphatic carbocycles. The highest BCUT2D eigenvalue weighted by molar-refractivity contribution is 7.18. The summed E-state index contributed by atoms with van der Waals surface area (Å²) in [6.45, 7) is 3.94. The molecule has 0 aliphatic rings. The largest absolute Gasteiger partial charge is 0.481 e. The Balaban J connectivity index is 1.67. The average Bonchev–Trinajstić information content (AvgIpc) is 3.09. The molecule has 1 unspecified atom stereocenters.